The standard InChI is InChI=1S/C17H29NO/c1-14(2)7-5-6-12-18-13-16-8-10-17(11-9-16)19-15(3)4/h8-11,14-15,18H,5-7,12-13H2,1-4H3. The summed E-state index contributed by atoms with van der Waals surface area (Å²) in [6.07, 6.45) is 4.17. The Hall–Kier alpha value is -1.02. The molecule has 0 saturated heterocycles. The molecule has 0 fully saturated rings. The van der Waals surface area contributed by atoms with Crippen molar-refractivity contribution in [3.63, 3.8) is 0 Å². The molecule has 0 amide bonds. The van der Waals surface area contributed by atoms with Gasteiger partial charge < -0.3 is 10.1 Å². The van der Waals surface area contributed by atoms with Crippen LogP contribution in [-0.4, -0.2) is 12.6 Å². The Balaban J connectivity index is 2.16. The van der Waals surface area contributed by atoms with Crippen molar-refractivity contribution in [1.82, 2.24) is 5.32 Å². The molecule has 0 aromatic heterocycles. The smallest absolute Gasteiger partial charge is 0.119 e. The molecule has 0 aliphatic heterocycles. The van der Waals surface area contributed by atoms with E-state index in [1.54, 1.807) is 0 Å². The largest absolute Gasteiger partial charge is 0.491 e. The third-order valence-corrected chi connectivity index (χ3v) is 3.01. The summed E-state index contributed by atoms with van der Waals surface area (Å²) in [5.74, 6) is 1.78. The molecule has 19 heavy (non-hydrogen) atoms. The summed E-state index contributed by atoms with van der Waals surface area (Å²) in [5, 5.41) is 3.49. The van der Waals surface area contributed by atoms with Gasteiger partial charge in [0, 0.05) is 6.54 Å². The van der Waals surface area contributed by atoms with Gasteiger partial charge in [-0.05, 0) is 50.4 Å². The molecular weight excluding hydrogens is 234 g/mol. The van der Waals surface area contributed by atoms with E-state index in [-0.39, 0.29) is 6.10 Å². The molecule has 0 radical (unpaired) electrons. The molecule has 1 aromatic rings. The van der Waals surface area contributed by atoms with Crippen molar-refractivity contribution in [1.29, 1.82) is 0 Å². The molecule has 1 rings (SSSR count). The Labute approximate surface area is 118 Å². The molecule has 0 saturated carbocycles. The first-order chi connectivity index (χ1) is 9.08. The maximum absolute atomic E-state index is 5.63. The van der Waals surface area contributed by atoms with Crippen molar-refractivity contribution < 1.29 is 4.74 Å². The van der Waals surface area contributed by atoms with Crippen molar-refractivity contribution >= 4 is 0 Å². The number of unbranched alkanes of at least 4 members (excludes halogenated alkanes) is 1. The summed E-state index contributed by atoms with van der Waals surface area (Å²) >= 11 is 0. The van der Waals surface area contributed by atoms with E-state index in [4.69, 9.17) is 4.74 Å². The van der Waals surface area contributed by atoms with Gasteiger partial charge in [-0.25, -0.2) is 0 Å². The van der Waals surface area contributed by atoms with Gasteiger partial charge in [-0.3, -0.25) is 0 Å². The number of hydrogen-bond acceptors (Lipinski definition) is 2. The van der Waals surface area contributed by atoms with E-state index in [9.17, 15) is 0 Å². The van der Waals surface area contributed by atoms with Gasteiger partial charge in [0.2, 0.25) is 0 Å². The van der Waals surface area contributed by atoms with Crippen LogP contribution in [0, 0.1) is 5.92 Å². The Bertz CT molecular complexity index is 330. The van der Waals surface area contributed by atoms with Crippen molar-refractivity contribution in [3.05, 3.63) is 29.8 Å². The summed E-state index contributed by atoms with van der Waals surface area (Å²) in [4.78, 5) is 0. The Morgan fingerprint density at radius 2 is 1.68 bits per heavy atom. The van der Waals surface area contributed by atoms with Gasteiger partial charge in [-0.1, -0.05) is 38.8 Å². The van der Waals surface area contributed by atoms with Gasteiger partial charge in [-0.2, -0.15) is 0 Å². The lowest BCUT2D eigenvalue weighted by Gasteiger charge is -2.10. The second-order valence-electron chi connectivity index (χ2n) is 5.88. The Morgan fingerprint density at radius 3 is 2.26 bits per heavy atom. The minimum absolute atomic E-state index is 0.241. The minimum atomic E-state index is 0.241. The first kappa shape index (κ1) is 16.0. The highest BCUT2D eigenvalue weighted by atomic mass is 16.5. The maximum Gasteiger partial charge on any atom is 0.119 e. The Morgan fingerprint density at radius 1 is 1.00 bits per heavy atom. The number of hydrogen-bond donors (Lipinski definition) is 1. The summed E-state index contributed by atoms with van der Waals surface area (Å²) in [6.45, 7) is 10.7. The number of rotatable bonds is 9. The van der Waals surface area contributed by atoms with E-state index >= 15 is 0 Å². The summed E-state index contributed by atoms with van der Waals surface area (Å²) in [7, 11) is 0. The molecule has 108 valence electrons. The van der Waals surface area contributed by atoms with Crippen LogP contribution in [0.1, 0.15) is 52.5 Å². The molecule has 2 heteroatoms. The van der Waals surface area contributed by atoms with Gasteiger partial charge >= 0.3 is 0 Å². The fourth-order valence-electron chi connectivity index (χ4n) is 1.99. The van der Waals surface area contributed by atoms with Crippen molar-refractivity contribution in [3.8, 4) is 5.75 Å². The van der Waals surface area contributed by atoms with Crippen LogP contribution in [0.15, 0.2) is 24.3 Å². The van der Waals surface area contributed by atoms with Gasteiger partial charge in [0.25, 0.3) is 0 Å². The zero-order valence-electron chi connectivity index (χ0n) is 12.9. The van der Waals surface area contributed by atoms with Gasteiger partial charge in [0.05, 0.1) is 6.10 Å². The minimum Gasteiger partial charge on any atom is -0.491 e. The van der Waals surface area contributed by atoms with Crippen LogP contribution in [0.5, 0.6) is 5.75 Å². The van der Waals surface area contributed by atoms with Crippen LogP contribution in [0.2, 0.25) is 0 Å². The first-order valence-corrected chi connectivity index (χ1v) is 7.54. The average molecular weight is 263 g/mol. The molecule has 0 aliphatic carbocycles. The molecule has 1 N–H and O–H groups in total. The van der Waals surface area contributed by atoms with Crippen LogP contribution >= 0.6 is 0 Å². The number of benzene rings is 1. The SMILES string of the molecule is CC(C)CCCCNCc1ccc(OC(C)C)cc1. The summed E-state index contributed by atoms with van der Waals surface area (Å²) in [5.41, 5.74) is 1.32. The zero-order valence-corrected chi connectivity index (χ0v) is 12.9. The van der Waals surface area contributed by atoms with Gasteiger partial charge in [0.15, 0.2) is 0 Å². The first-order valence-electron chi connectivity index (χ1n) is 7.54. The van der Waals surface area contributed by atoms with E-state index in [2.05, 4.69) is 43.4 Å². The van der Waals surface area contributed by atoms with E-state index in [0.29, 0.717) is 0 Å². The zero-order chi connectivity index (χ0) is 14.1. The molecule has 0 aliphatic rings. The molecule has 0 atom stereocenters. The third-order valence-electron chi connectivity index (χ3n) is 3.01. The quantitative estimate of drug-likeness (QED) is 0.667. The Kier molecular flexibility index (Phi) is 7.57. The number of nitrogens with one attached hydrogen (secondary N) is 1. The van der Waals surface area contributed by atoms with E-state index < -0.39 is 0 Å². The van der Waals surface area contributed by atoms with Crippen molar-refractivity contribution in [2.45, 2.75) is 59.6 Å². The molecule has 0 bridgehead atoms. The van der Waals surface area contributed by atoms with Gasteiger partial charge in [0.1, 0.15) is 5.75 Å². The lowest BCUT2D eigenvalue weighted by atomic mass is 10.1. The topological polar surface area (TPSA) is 21.3 Å². The normalized spacial score (nSPS) is 11.3. The lowest BCUT2D eigenvalue weighted by molar-refractivity contribution is 0.242. The molecule has 1 aromatic carbocycles. The predicted octanol–water partition coefficient (Wildman–Crippen LogP) is 4.39. The maximum atomic E-state index is 5.63. The second-order valence-corrected chi connectivity index (χ2v) is 5.88. The molecule has 2 nitrogen and oxygen atoms in total. The average Bonchev–Trinajstić information content (AvgIpc) is 2.34. The van der Waals surface area contributed by atoms with Crippen LogP contribution in [0.4, 0.5) is 0 Å². The van der Waals surface area contributed by atoms with Gasteiger partial charge in [-0.15, -0.1) is 0 Å². The molecule has 0 unspecified atom stereocenters. The van der Waals surface area contributed by atoms with Crippen molar-refractivity contribution in [2.24, 2.45) is 5.92 Å². The van der Waals surface area contributed by atoms with Crippen LogP contribution in [0.3, 0.4) is 0 Å². The van der Waals surface area contributed by atoms with Crippen LogP contribution in [-0.2, 0) is 6.54 Å². The fourth-order valence-corrected chi connectivity index (χ4v) is 1.99. The lowest BCUT2D eigenvalue weighted by Crippen LogP contribution is -2.14. The summed E-state index contributed by atoms with van der Waals surface area (Å²) < 4.78 is 5.63. The van der Waals surface area contributed by atoms with Crippen LogP contribution < -0.4 is 10.1 Å². The second kappa shape index (κ2) is 8.98. The highest BCUT2D eigenvalue weighted by Crippen LogP contribution is 2.13. The highest BCUT2D eigenvalue weighted by Gasteiger charge is 1.98. The van der Waals surface area contributed by atoms with E-state index in [1.165, 1.54) is 24.8 Å². The highest BCUT2D eigenvalue weighted by molar-refractivity contribution is 5.27. The third kappa shape index (κ3) is 7.89. The molecule has 0 heterocycles. The fraction of sp³-hybridized carbons (Fsp3) is 0.647. The van der Waals surface area contributed by atoms with Crippen molar-refractivity contribution in [2.75, 3.05) is 6.54 Å². The van der Waals surface area contributed by atoms with E-state index in [1.807, 2.05) is 13.8 Å². The summed E-state index contributed by atoms with van der Waals surface area (Å²) in [6, 6.07) is 8.38. The monoisotopic (exact) mass is 263 g/mol. The van der Waals surface area contributed by atoms with E-state index in [0.717, 1.165) is 24.8 Å². The molecule has 0 spiro atoms. The predicted molar refractivity (Wildman–Crippen MR) is 82.6 cm³/mol. The van der Waals surface area contributed by atoms with Crippen LogP contribution in [0.25, 0.3) is 0 Å². The molecular formula is C17H29NO. The number of ether oxygens (including phenoxy) is 1.